The molecule has 1 N–H and O–H groups in total. The Morgan fingerprint density at radius 1 is 1.38 bits per heavy atom. The lowest BCUT2D eigenvalue weighted by Crippen LogP contribution is -1.89. The molecule has 0 radical (unpaired) electrons. The molecule has 0 spiro atoms. The summed E-state index contributed by atoms with van der Waals surface area (Å²) in [5.41, 5.74) is 0.906. The summed E-state index contributed by atoms with van der Waals surface area (Å²) in [6, 6.07) is 5.72. The van der Waals surface area contributed by atoms with Crippen LogP contribution >= 0.6 is 27.3 Å². The van der Waals surface area contributed by atoms with E-state index >= 15 is 0 Å². The summed E-state index contributed by atoms with van der Waals surface area (Å²) in [5, 5.41) is 0. The van der Waals surface area contributed by atoms with Crippen LogP contribution in [-0.2, 0) is 0 Å². The van der Waals surface area contributed by atoms with E-state index in [9.17, 15) is 4.79 Å². The van der Waals surface area contributed by atoms with Crippen LogP contribution in [0.1, 0.15) is 13.8 Å². The van der Waals surface area contributed by atoms with Crippen LogP contribution in [0.2, 0.25) is 0 Å². The van der Waals surface area contributed by atoms with E-state index < -0.39 is 0 Å². The molecule has 1 heterocycles. The number of benzene rings is 1. The van der Waals surface area contributed by atoms with E-state index in [4.69, 9.17) is 0 Å². The van der Waals surface area contributed by atoms with Gasteiger partial charge in [-0.3, -0.25) is 4.79 Å². The topological polar surface area (TPSA) is 32.9 Å². The first-order chi connectivity index (χ1) is 6.25. The van der Waals surface area contributed by atoms with Crippen LogP contribution in [0.15, 0.2) is 27.5 Å². The molecule has 1 aromatic heterocycles. The van der Waals surface area contributed by atoms with Crippen LogP contribution in [0.3, 0.4) is 0 Å². The standard InChI is InChI=1S/C7H4BrNOS.C2H6/c8-4-1-2-5-6(3-4)11-7(10)9-5;1-2/h1-3H,(H,9,10);1-2H3. The SMILES string of the molecule is CC.O=c1[nH]c2ccc(Br)cc2s1. The van der Waals surface area contributed by atoms with E-state index in [1.54, 1.807) is 0 Å². The molecule has 70 valence electrons. The normalized spacial score (nSPS) is 9.46. The summed E-state index contributed by atoms with van der Waals surface area (Å²) < 4.78 is 1.99. The number of aromatic amines is 1. The second kappa shape index (κ2) is 4.58. The Hall–Kier alpha value is -0.610. The second-order valence-corrected chi connectivity index (χ2v) is 4.09. The van der Waals surface area contributed by atoms with Gasteiger partial charge in [-0.15, -0.1) is 0 Å². The van der Waals surface area contributed by atoms with Gasteiger partial charge in [-0.2, -0.15) is 0 Å². The molecular weight excluding hydrogens is 250 g/mol. The number of thiazole rings is 1. The molecule has 0 aliphatic heterocycles. The molecule has 0 atom stereocenters. The van der Waals surface area contributed by atoms with E-state index in [1.807, 2.05) is 32.0 Å². The summed E-state index contributed by atoms with van der Waals surface area (Å²) in [4.78, 5) is 13.6. The van der Waals surface area contributed by atoms with Crippen molar-refractivity contribution in [2.75, 3.05) is 0 Å². The smallest absolute Gasteiger partial charge is 0.305 e. The maximum Gasteiger partial charge on any atom is 0.305 e. The van der Waals surface area contributed by atoms with Crippen molar-refractivity contribution in [2.45, 2.75) is 13.8 Å². The molecule has 2 rings (SSSR count). The van der Waals surface area contributed by atoms with Crippen LogP contribution in [0.4, 0.5) is 0 Å². The van der Waals surface area contributed by atoms with Crippen molar-refractivity contribution in [3.8, 4) is 0 Å². The lowest BCUT2D eigenvalue weighted by atomic mass is 10.3. The Bertz CT molecular complexity index is 446. The zero-order valence-corrected chi connectivity index (χ0v) is 9.83. The van der Waals surface area contributed by atoms with Gasteiger partial charge in [0.1, 0.15) is 0 Å². The van der Waals surface area contributed by atoms with Crippen molar-refractivity contribution in [2.24, 2.45) is 0 Å². The summed E-state index contributed by atoms with van der Waals surface area (Å²) in [5.74, 6) is 0. The highest BCUT2D eigenvalue weighted by molar-refractivity contribution is 9.10. The molecule has 0 amide bonds. The minimum atomic E-state index is -0.00176. The lowest BCUT2D eigenvalue weighted by molar-refractivity contribution is 1.41. The van der Waals surface area contributed by atoms with E-state index in [0.717, 1.165) is 14.7 Å². The Morgan fingerprint density at radius 3 is 2.77 bits per heavy atom. The zero-order chi connectivity index (χ0) is 9.84. The Kier molecular flexibility index (Phi) is 3.69. The highest BCUT2D eigenvalue weighted by atomic mass is 79.9. The molecule has 1 aromatic carbocycles. The van der Waals surface area contributed by atoms with Crippen LogP contribution in [-0.4, -0.2) is 4.98 Å². The molecule has 2 nitrogen and oxygen atoms in total. The maximum absolute atomic E-state index is 10.8. The van der Waals surface area contributed by atoms with Crippen molar-refractivity contribution < 1.29 is 0 Å². The van der Waals surface area contributed by atoms with Crippen LogP contribution in [0, 0.1) is 0 Å². The molecule has 2 aromatic rings. The van der Waals surface area contributed by atoms with Crippen LogP contribution in [0.5, 0.6) is 0 Å². The van der Waals surface area contributed by atoms with Crippen molar-refractivity contribution in [3.05, 3.63) is 32.3 Å². The number of hydrogen-bond donors (Lipinski definition) is 1. The van der Waals surface area contributed by atoms with Crippen molar-refractivity contribution >= 4 is 37.5 Å². The lowest BCUT2D eigenvalue weighted by Gasteiger charge is -1.87. The van der Waals surface area contributed by atoms with Crippen LogP contribution in [0.25, 0.3) is 10.2 Å². The summed E-state index contributed by atoms with van der Waals surface area (Å²) in [6.45, 7) is 4.00. The molecule has 0 unspecified atom stereocenters. The number of hydrogen-bond acceptors (Lipinski definition) is 2. The van der Waals surface area contributed by atoms with Crippen molar-refractivity contribution in [3.63, 3.8) is 0 Å². The first kappa shape index (κ1) is 10.5. The van der Waals surface area contributed by atoms with Gasteiger partial charge in [0.25, 0.3) is 0 Å². The number of nitrogens with one attached hydrogen (secondary N) is 1. The van der Waals surface area contributed by atoms with E-state index in [1.165, 1.54) is 11.3 Å². The third-order valence-electron chi connectivity index (χ3n) is 1.38. The zero-order valence-electron chi connectivity index (χ0n) is 7.43. The molecule has 0 aliphatic carbocycles. The summed E-state index contributed by atoms with van der Waals surface area (Å²) in [6.07, 6.45) is 0. The Morgan fingerprint density at radius 2 is 2.08 bits per heavy atom. The average Bonchev–Trinajstić information content (AvgIpc) is 2.48. The summed E-state index contributed by atoms with van der Waals surface area (Å²) in [7, 11) is 0. The van der Waals surface area contributed by atoms with Gasteiger partial charge < -0.3 is 4.98 Å². The quantitative estimate of drug-likeness (QED) is 0.773. The molecule has 0 fully saturated rings. The van der Waals surface area contributed by atoms with Crippen molar-refractivity contribution in [1.29, 1.82) is 0 Å². The van der Waals surface area contributed by atoms with E-state index in [2.05, 4.69) is 20.9 Å². The monoisotopic (exact) mass is 259 g/mol. The van der Waals surface area contributed by atoms with E-state index in [-0.39, 0.29) is 4.87 Å². The molecule has 0 aliphatic rings. The van der Waals surface area contributed by atoms with Gasteiger partial charge in [0, 0.05) is 4.47 Å². The van der Waals surface area contributed by atoms with Gasteiger partial charge in [-0.25, -0.2) is 0 Å². The number of fused-ring (bicyclic) bond motifs is 1. The molecule has 4 heteroatoms. The predicted molar refractivity (Wildman–Crippen MR) is 61.5 cm³/mol. The third-order valence-corrected chi connectivity index (χ3v) is 2.72. The fraction of sp³-hybridized carbons (Fsp3) is 0.222. The van der Waals surface area contributed by atoms with Gasteiger partial charge in [0.15, 0.2) is 0 Å². The summed E-state index contributed by atoms with van der Waals surface area (Å²) >= 11 is 4.56. The largest absolute Gasteiger partial charge is 0.312 e. The number of H-pyrrole nitrogens is 1. The minimum absolute atomic E-state index is 0.00176. The Labute approximate surface area is 88.7 Å². The first-order valence-corrected chi connectivity index (χ1v) is 5.65. The first-order valence-electron chi connectivity index (χ1n) is 4.04. The predicted octanol–water partition coefficient (Wildman–Crippen LogP) is 3.38. The molecular formula is C9H10BrNOS. The molecule has 13 heavy (non-hydrogen) atoms. The van der Waals surface area contributed by atoms with Gasteiger partial charge in [0.05, 0.1) is 10.2 Å². The molecule has 0 saturated heterocycles. The number of aromatic nitrogens is 1. The highest BCUT2D eigenvalue weighted by Crippen LogP contribution is 2.19. The minimum Gasteiger partial charge on any atom is -0.312 e. The maximum atomic E-state index is 10.8. The third kappa shape index (κ3) is 2.42. The second-order valence-electron chi connectivity index (χ2n) is 2.16. The average molecular weight is 260 g/mol. The van der Waals surface area contributed by atoms with E-state index in [0.29, 0.717) is 0 Å². The fourth-order valence-corrected chi connectivity index (χ4v) is 2.21. The molecule has 0 saturated carbocycles. The van der Waals surface area contributed by atoms with Gasteiger partial charge in [-0.1, -0.05) is 41.1 Å². The number of halogens is 1. The van der Waals surface area contributed by atoms with Crippen molar-refractivity contribution in [1.82, 2.24) is 4.98 Å². The molecule has 0 bridgehead atoms. The Balaban J connectivity index is 0.000000396. The highest BCUT2D eigenvalue weighted by Gasteiger charge is 1.97. The van der Waals surface area contributed by atoms with Gasteiger partial charge in [0.2, 0.25) is 0 Å². The van der Waals surface area contributed by atoms with Gasteiger partial charge in [-0.05, 0) is 18.2 Å². The van der Waals surface area contributed by atoms with Crippen LogP contribution < -0.4 is 4.87 Å². The fourth-order valence-electron chi connectivity index (χ4n) is 0.919. The number of rotatable bonds is 0. The van der Waals surface area contributed by atoms with Gasteiger partial charge >= 0.3 is 4.87 Å².